The summed E-state index contributed by atoms with van der Waals surface area (Å²) in [6.07, 6.45) is 1.85. The van der Waals surface area contributed by atoms with Crippen LogP contribution < -0.4 is 44.3 Å². The van der Waals surface area contributed by atoms with Crippen molar-refractivity contribution in [1.29, 1.82) is 0 Å². The van der Waals surface area contributed by atoms with Gasteiger partial charge in [-0.25, -0.2) is 0 Å². The Labute approximate surface area is 230 Å². The van der Waals surface area contributed by atoms with E-state index in [0.717, 1.165) is 34.7 Å². The van der Waals surface area contributed by atoms with Crippen LogP contribution in [0.2, 0.25) is 0 Å². The molecule has 1 aliphatic rings. The van der Waals surface area contributed by atoms with Crippen molar-refractivity contribution in [2.45, 2.75) is 20.8 Å². The molecule has 0 unspecified atom stereocenters. The molecule has 35 heavy (non-hydrogen) atoms. The normalized spacial score (nSPS) is 14.7. The number of nitrogens with one attached hydrogen (secondary N) is 1. The smallest absolute Gasteiger partial charge is 0.493 e. The summed E-state index contributed by atoms with van der Waals surface area (Å²) in [6.45, 7) is 6.10. The Morgan fingerprint density at radius 3 is 2.43 bits per heavy atom. The maximum Gasteiger partial charge on any atom is 1.00 e. The van der Waals surface area contributed by atoms with Crippen LogP contribution in [0, 0.1) is 6.07 Å². The molecule has 176 valence electrons. The minimum absolute atomic E-state index is 0. The third-order valence-corrected chi connectivity index (χ3v) is 5.35. The molecule has 3 aromatic carbocycles. The Hall–Kier alpha value is -2.78. The van der Waals surface area contributed by atoms with E-state index < -0.39 is 5.97 Å². The molecule has 0 bridgehead atoms. The number of carboxylic acids is 1. The zero-order chi connectivity index (χ0) is 24.5. The van der Waals surface area contributed by atoms with Crippen LogP contribution in [0.1, 0.15) is 26.3 Å². The number of aliphatic carboxylic acids is 1. The van der Waals surface area contributed by atoms with E-state index in [-0.39, 0.29) is 35.5 Å². The summed E-state index contributed by atoms with van der Waals surface area (Å²) in [7, 11) is 0. The number of thioether (sulfide) groups is 1. The average Bonchev–Trinajstić information content (AvgIpc) is 3.13. The third kappa shape index (κ3) is 8.14. The summed E-state index contributed by atoms with van der Waals surface area (Å²) in [6, 6.07) is 20.1. The van der Waals surface area contributed by atoms with Crippen LogP contribution in [0.4, 0.5) is 5.69 Å². The van der Waals surface area contributed by atoms with Gasteiger partial charge in [-0.05, 0) is 61.0 Å². The molecule has 1 heterocycles. The second kappa shape index (κ2) is 13.9. The Bertz CT molecular complexity index is 1240. The van der Waals surface area contributed by atoms with Crippen molar-refractivity contribution < 1.29 is 53.7 Å². The number of carbonyl (C=O) groups is 2. The molecule has 0 atom stereocenters. The molecule has 1 amide bonds. The molecule has 1 saturated heterocycles. The molecule has 0 saturated carbocycles. The van der Waals surface area contributed by atoms with Gasteiger partial charge in [-0.15, -0.1) is 12.1 Å². The number of carboxylic acid groups (broad SMARTS) is 1. The van der Waals surface area contributed by atoms with Gasteiger partial charge in [0.1, 0.15) is 11.5 Å². The second-order valence-corrected chi connectivity index (χ2v) is 8.02. The van der Waals surface area contributed by atoms with E-state index in [1.54, 1.807) is 12.1 Å². The number of hydrogen-bond acceptors (Lipinski definition) is 6. The van der Waals surface area contributed by atoms with E-state index in [1.165, 1.54) is 11.8 Å². The van der Waals surface area contributed by atoms with Crippen molar-refractivity contribution in [3.05, 3.63) is 71.1 Å². The third-order valence-electron chi connectivity index (χ3n) is 4.44. The van der Waals surface area contributed by atoms with Gasteiger partial charge in [-0.3, -0.25) is 14.6 Å². The summed E-state index contributed by atoms with van der Waals surface area (Å²) < 4.78 is 11.6. The van der Waals surface area contributed by atoms with Gasteiger partial charge in [-0.2, -0.15) is 18.2 Å². The molecular weight excluding hydrogens is 475 g/mol. The van der Waals surface area contributed by atoms with Crippen LogP contribution in [0.3, 0.4) is 0 Å². The average molecular weight is 501 g/mol. The number of ether oxygens (including phenoxy) is 2. The molecule has 9 heteroatoms. The minimum atomic E-state index is -0.833. The summed E-state index contributed by atoms with van der Waals surface area (Å²) >= 11 is 1.31. The van der Waals surface area contributed by atoms with Gasteiger partial charge in [0.2, 0.25) is 0 Å². The SMILES string of the molecule is CC(=O)O.CCOc1cc2c(OCC)cccc2cc1/C=C1/SC(=Nc2cc[c-]cc2)NC1=O.[Na+]. The largest absolute Gasteiger partial charge is 1.00 e. The fourth-order valence-electron chi connectivity index (χ4n) is 3.16. The predicted molar refractivity (Wildman–Crippen MR) is 136 cm³/mol. The van der Waals surface area contributed by atoms with Crippen LogP contribution in [-0.4, -0.2) is 35.4 Å². The Morgan fingerprint density at radius 1 is 1.11 bits per heavy atom. The first kappa shape index (κ1) is 28.5. The van der Waals surface area contributed by atoms with Crippen LogP contribution in [0.15, 0.2) is 64.5 Å². The van der Waals surface area contributed by atoms with E-state index in [4.69, 9.17) is 19.4 Å². The molecule has 1 fully saturated rings. The van der Waals surface area contributed by atoms with Gasteiger partial charge < -0.3 is 19.9 Å². The molecule has 0 aromatic heterocycles. The number of benzene rings is 3. The number of hydrogen-bond donors (Lipinski definition) is 2. The number of nitrogens with zero attached hydrogens (tertiary/aromatic N) is 1. The van der Waals surface area contributed by atoms with Gasteiger partial charge in [0.15, 0.2) is 5.17 Å². The van der Waals surface area contributed by atoms with E-state index in [1.807, 2.05) is 62.4 Å². The topological polar surface area (TPSA) is 97.2 Å². The number of aliphatic imine (C=N–C) groups is 1. The molecule has 7 nitrogen and oxygen atoms in total. The van der Waals surface area contributed by atoms with Crippen molar-refractivity contribution in [2.75, 3.05) is 13.2 Å². The van der Waals surface area contributed by atoms with Gasteiger partial charge in [-0.1, -0.05) is 12.1 Å². The quantitative estimate of drug-likeness (QED) is 0.307. The second-order valence-electron chi connectivity index (χ2n) is 6.99. The number of fused-ring (bicyclic) bond motifs is 1. The minimum Gasteiger partial charge on any atom is -0.493 e. The van der Waals surface area contributed by atoms with Gasteiger partial charge in [0, 0.05) is 17.9 Å². The van der Waals surface area contributed by atoms with Gasteiger partial charge in [0.05, 0.1) is 18.1 Å². The van der Waals surface area contributed by atoms with Crippen molar-refractivity contribution in [3.63, 3.8) is 0 Å². The first-order chi connectivity index (χ1) is 16.4. The molecule has 0 spiro atoms. The Kier molecular flexibility index (Phi) is 11.3. The van der Waals surface area contributed by atoms with Crippen molar-refractivity contribution in [2.24, 2.45) is 4.99 Å². The first-order valence-electron chi connectivity index (χ1n) is 10.7. The maximum atomic E-state index is 12.5. The summed E-state index contributed by atoms with van der Waals surface area (Å²) in [4.78, 5) is 26.6. The van der Waals surface area contributed by atoms with Crippen molar-refractivity contribution in [1.82, 2.24) is 5.32 Å². The predicted octanol–water partition coefficient (Wildman–Crippen LogP) is 2.42. The van der Waals surface area contributed by atoms with Crippen LogP contribution in [0.5, 0.6) is 11.5 Å². The van der Waals surface area contributed by atoms with E-state index in [2.05, 4.69) is 16.4 Å². The molecular formula is C26H25N2NaO5S. The number of amides is 1. The molecule has 4 rings (SSSR count). The van der Waals surface area contributed by atoms with Crippen LogP contribution in [-0.2, 0) is 9.59 Å². The maximum absolute atomic E-state index is 12.5. The fourth-order valence-corrected chi connectivity index (χ4v) is 3.99. The summed E-state index contributed by atoms with van der Waals surface area (Å²) in [5, 5.41) is 12.8. The van der Waals surface area contributed by atoms with Crippen molar-refractivity contribution >= 4 is 51.3 Å². The van der Waals surface area contributed by atoms with Gasteiger partial charge in [0.25, 0.3) is 11.9 Å². The zero-order valence-corrected chi connectivity index (χ0v) is 22.9. The fraction of sp³-hybridized carbons (Fsp3) is 0.192. The molecule has 0 radical (unpaired) electrons. The van der Waals surface area contributed by atoms with Crippen LogP contribution >= 0.6 is 11.8 Å². The molecule has 2 N–H and O–H groups in total. The van der Waals surface area contributed by atoms with E-state index >= 15 is 0 Å². The standard InChI is InChI=1S/C24H21N2O3S.C2H4O2.Na/c1-3-28-20-12-8-9-16-13-17(21(29-4-2)15-19(16)20)14-22-23(27)26-24(30-22)25-18-10-6-5-7-11-18;1-2(3)4;/h6-15H,3-4H2,1-2H3,(H,25,26,27);1H3,(H,3,4);/q-1;;+1/b22-14+;;. The first-order valence-corrected chi connectivity index (χ1v) is 11.5. The van der Waals surface area contributed by atoms with Gasteiger partial charge >= 0.3 is 29.6 Å². The summed E-state index contributed by atoms with van der Waals surface area (Å²) in [5.74, 6) is 0.520. The monoisotopic (exact) mass is 500 g/mol. The number of carbonyl (C=O) groups excluding carboxylic acids is 1. The molecule has 0 aliphatic carbocycles. The molecule has 3 aromatic rings. The number of amidine groups is 1. The zero-order valence-electron chi connectivity index (χ0n) is 20.1. The van der Waals surface area contributed by atoms with Crippen molar-refractivity contribution in [3.8, 4) is 11.5 Å². The Balaban J connectivity index is 0.000000804. The summed E-state index contributed by atoms with van der Waals surface area (Å²) in [5.41, 5.74) is 1.60. The van der Waals surface area contributed by atoms with E-state index in [9.17, 15) is 4.79 Å². The Morgan fingerprint density at radius 2 is 1.77 bits per heavy atom. The molecule has 1 aliphatic heterocycles. The van der Waals surface area contributed by atoms with Crippen LogP contribution in [0.25, 0.3) is 16.8 Å². The number of rotatable bonds is 6. The van der Waals surface area contributed by atoms with E-state index in [0.29, 0.717) is 29.0 Å².